The van der Waals surface area contributed by atoms with Gasteiger partial charge in [-0.05, 0) is 72.5 Å². The van der Waals surface area contributed by atoms with Gasteiger partial charge in [0.05, 0.1) is 6.42 Å². The van der Waals surface area contributed by atoms with E-state index in [1.807, 2.05) is 56.5 Å². The minimum Gasteiger partial charge on any atom is -0.481 e. The summed E-state index contributed by atoms with van der Waals surface area (Å²) in [4.78, 5) is 12.4. The van der Waals surface area contributed by atoms with Crippen molar-refractivity contribution < 1.29 is 14.6 Å². The fourth-order valence-electron chi connectivity index (χ4n) is 3.01. The Morgan fingerprint density at radius 2 is 1.92 bits per heavy atom. The van der Waals surface area contributed by atoms with E-state index in [0.29, 0.717) is 10.8 Å². The molecule has 0 bridgehead atoms. The molecule has 0 aliphatic carbocycles. The van der Waals surface area contributed by atoms with Crippen LogP contribution in [0.5, 0.6) is 11.5 Å². The van der Waals surface area contributed by atoms with Gasteiger partial charge in [-0.25, -0.2) is 0 Å². The number of hydrogen-bond donors (Lipinski definition) is 1. The molecule has 1 N–H and O–H groups in total. The molecule has 3 rings (SSSR count). The first-order valence-electron chi connectivity index (χ1n) is 8.15. The van der Waals surface area contributed by atoms with Gasteiger partial charge in [0.2, 0.25) is 0 Å². The highest BCUT2D eigenvalue weighted by atomic mass is 35.5. The predicted octanol–water partition coefficient (Wildman–Crippen LogP) is 6.25. The van der Waals surface area contributed by atoms with Gasteiger partial charge < -0.3 is 9.84 Å². The zero-order chi connectivity index (χ0) is 18.8. The van der Waals surface area contributed by atoms with E-state index in [1.165, 1.54) is 4.90 Å². The second-order valence-corrected chi connectivity index (χ2v) is 7.44. The third kappa shape index (κ3) is 3.81. The summed E-state index contributed by atoms with van der Waals surface area (Å²) >= 11 is 7.87. The van der Waals surface area contributed by atoms with Gasteiger partial charge >= 0.3 is 5.97 Å². The molecule has 0 radical (unpaired) electrons. The summed E-state index contributed by atoms with van der Waals surface area (Å²) < 4.78 is 6.22. The number of benzene rings is 3. The molecule has 3 aromatic rings. The fourth-order valence-corrected chi connectivity index (χ4v) is 3.76. The summed E-state index contributed by atoms with van der Waals surface area (Å²) in [5, 5.41) is 11.6. The molecule has 3 aromatic carbocycles. The van der Waals surface area contributed by atoms with Crippen molar-refractivity contribution >= 4 is 40.1 Å². The minimum atomic E-state index is -0.868. The summed E-state index contributed by atoms with van der Waals surface area (Å²) in [5.74, 6) is 0.502. The van der Waals surface area contributed by atoms with Crippen molar-refractivity contribution in [1.82, 2.24) is 0 Å². The molecular formula is C21H19ClO3S. The summed E-state index contributed by atoms with van der Waals surface area (Å²) in [7, 11) is 0. The standard InChI is InChI=1S/C21H19ClO3S/c1-12-8-17(6-7-19(12)26-3)25-21-13(2)15(10-20(23)24)9-14-4-5-16(22)11-18(14)21/h4-9,11H,10H2,1-3H3,(H,23,24). The maximum Gasteiger partial charge on any atom is 0.307 e. The molecule has 0 fully saturated rings. The molecule has 0 saturated carbocycles. The number of fused-ring (bicyclic) bond motifs is 1. The van der Waals surface area contributed by atoms with Gasteiger partial charge in [-0.2, -0.15) is 0 Å². The van der Waals surface area contributed by atoms with Crippen molar-refractivity contribution in [1.29, 1.82) is 0 Å². The molecule has 0 heterocycles. The van der Waals surface area contributed by atoms with Crippen LogP contribution < -0.4 is 4.74 Å². The third-order valence-corrected chi connectivity index (χ3v) is 5.47. The Hall–Kier alpha value is -2.17. The largest absolute Gasteiger partial charge is 0.481 e. The normalized spacial score (nSPS) is 10.9. The fraction of sp³-hybridized carbons (Fsp3) is 0.190. The van der Waals surface area contributed by atoms with Crippen LogP contribution in [0.4, 0.5) is 0 Å². The molecule has 134 valence electrons. The highest BCUT2D eigenvalue weighted by molar-refractivity contribution is 7.98. The van der Waals surface area contributed by atoms with E-state index in [4.69, 9.17) is 16.3 Å². The Balaban J connectivity index is 2.15. The van der Waals surface area contributed by atoms with Gasteiger partial charge in [0.25, 0.3) is 0 Å². The zero-order valence-electron chi connectivity index (χ0n) is 14.8. The Labute approximate surface area is 161 Å². The van der Waals surface area contributed by atoms with Gasteiger partial charge in [0.1, 0.15) is 11.5 Å². The van der Waals surface area contributed by atoms with E-state index in [2.05, 4.69) is 0 Å². The van der Waals surface area contributed by atoms with Gasteiger partial charge in [-0.3, -0.25) is 4.79 Å². The summed E-state index contributed by atoms with van der Waals surface area (Å²) in [5.41, 5.74) is 2.69. The van der Waals surface area contributed by atoms with Crippen molar-refractivity contribution in [3.63, 3.8) is 0 Å². The summed E-state index contributed by atoms with van der Waals surface area (Å²) in [6.45, 7) is 3.93. The lowest BCUT2D eigenvalue weighted by atomic mass is 9.98. The minimum absolute atomic E-state index is 0.0504. The molecule has 0 atom stereocenters. The number of halogens is 1. The summed E-state index contributed by atoms with van der Waals surface area (Å²) in [6, 6.07) is 13.4. The van der Waals surface area contributed by atoms with Crippen LogP contribution in [0.3, 0.4) is 0 Å². The van der Waals surface area contributed by atoms with Gasteiger partial charge in [0, 0.05) is 15.3 Å². The number of rotatable bonds is 5. The van der Waals surface area contributed by atoms with E-state index in [0.717, 1.165) is 33.2 Å². The molecule has 0 unspecified atom stereocenters. The number of thioether (sulfide) groups is 1. The van der Waals surface area contributed by atoms with E-state index in [-0.39, 0.29) is 6.42 Å². The number of ether oxygens (including phenoxy) is 1. The molecule has 26 heavy (non-hydrogen) atoms. The van der Waals surface area contributed by atoms with Crippen LogP contribution in [0.25, 0.3) is 10.8 Å². The summed E-state index contributed by atoms with van der Waals surface area (Å²) in [6.07, 6.45) is 1.99. The quantitative estimate of drug-likeness (QED) is 0.526. The first kappa shape index (κ1) is 18.6. The molecule has 0 aromatic heterocycles. The van der Waals surface area contributed by atoms with Crippen LogP contribution in [0.15, 0.2) is 47.4 Å². The van der Waals surface area contributed by atoms with Crippen molar-refractivity contribution in [2.75, 3.05) is 6.26 Å². The average Bonchev–Trinajstić information content (AvgIpc) is 2.59. The Bertz CT molecular complexity index is 998. The molecule has 0 amide bonds. The maximum absolute atomic E-state index is 11.2. The molecule has 5 heteroatoms. The number of carboxylic acid groups (broad SMARTS) is 1. The predicted molar refractivity (Wildman–Crippen MR) is 108 cm³/mol. The zero-order valence-corrected chi connectivity index (χ0v) is 16.4. The number of carboxylic acids is 1. The van der Waals surface area contributed by atoms with Crippen LogP contribution in [-0.2, 0) is 11.2 Å². The average molecular weight is 387 g/mol. The lowest BCUT2D eigenvalue weighted by Crippen LogP contribution is -2.03. The Kier molecular flexibility index (Phi) is 5.44. The number of aryl methyl sites for hydroxylation is 1. The second kappa shape index (κ2) is 7.60. The second-order valence-electron chi connectivity index (χ2n) is 6.16. The number of carbonyl (C=O) groups is 1. The molecule has 0 spiro atoms. The van der Waals surface area contributed by atoms with Crippen LogP contribution in [0, 0.1) is 13.8 Å². The van der Waals surface area contributed by atoms with E-state index in [1.54, 1.807) is 17.8 Å². The van der Waals surface area contributed by atoms with Crippen LogP contribution >= 0.6 is 23.4 Å². The Morgan fingerprint density at radius 3 is 2.58 bits per heavy atom. The van der Waals surface area contributed by atoms with Gasteiger partial charge in [-0.15, -0.1) is 11.8 Å². The van der Waals surface area contributed by atoms with Crippen LogP contribution in [0.1, 0.15) is 16.7 Å². The van der Waals surface area contributed by atoms with Crippen molar-refractivity contribution in [2.45, 2.75) is 25.2 Å². The topological polar surface area (TPSA) is 46.5 Å². The molecule has 0 saturated heterocycles. The third-order valence-electron chi connectivity index (χ3n) is 4.34. The highest BCUT2D eigenvalue weighted by Gasteiger charge is 2.15. The van der Waals surface area contributed by atoms with E-state index < -0.39 is 5.97 Å². The highest BCUT2D eigenvalue weighted by Crippen LogP contribution is 2.38. The smallest absolute Gasteiger partial charge is 0.307 e. The van der Waals surface area contributed by atoms with Crippen molar-refractivity contribution in [3.05, 3.63) is 64.2 Å². The van der Waals surface area contributed by atoms with Crippen LogP contribution in [0.2, 0.25) is 5.02 Å². The number of aliphatic carboxylic acids is 1. The van der Waals surface area contributed by atoms with Gasteiger partial charge in [-0.1, -0.05) is 23.7 Å². The van der Waals surface area contributed by atoms with Crippen molar-refractivity contribution in [3.8, 4) is 11.5 Å². The van der Waals surface area contributed by atoms with E-state index in [9.17, 15) is 9.90 Å². The molecule has 0 aliphatic rings. The molecule has 3 nitrogen and oxygen atoms in total. The molecular weight excluding hydrogens is 368 g/mol. The lowest BCUT2D eigenvalue weighted by molar-refractivity contribution is -0.136. The lowest BCUT2D eigenvalue weighted by Gasteiger charge is -2.16. The van der Waals surface area contributed by atoms with Crippen molar-refractivity contribution in [2.24, 2.45) is 0 Å². The SMILES string of the molecule is CSc1ccc(Oc2c(C)c(CC(=O)O)cc3ccc(Cl)cc23)cc1C. The Morgan fingerprint density at radius 1 is 1.15 bits per heavy atom. The first-order chi connectivity index (χ1) is 12.4. The van der Waals surface area contributed by atoms with Crippen LogP contribution in [-0.4, -0.2) is 17.3 Å². The van der Waals surface area contributed by atoms with E-state index >= 15 is 0 Å². The van der Waals surface area contributed by atoms with Gasteiger partial charge in [0.15, 0.2) is 0 Å². The maximum atomic E-state index is 11.2. The molecule has 0 aliphatic heterocycles. The number of hydrogen-bond acceptors (Lipinski definition) is 3. The first-order valence-corrected chi connectivity index (χ1v) is 9.75. The monoisotopic (exact) mass is 386 g/mol.